The molecule has 0 saturated carbocycles. The normalized spacial score (nSPS) is 19.3. The van der Waals surface area contributed by atoms with E-state index in [-0.39, 0.29) is 5.60 Å². The first-order valence-corrected chi connectivity index (χ1v) is 14.5. The van der Waals surface area contributed by atoms with Crippen molar-refractivity contribution in [3.8, 4) is 17.6 Å². The Morgan fingerprint density at radius 2 is 1.61 bits per heavy atom. The summed E-state index contributed by atoms with van der Waals surface area (Å²) < 4.78 is 11.7. The lowest BCUT2D eigenvalue weighted by molar-refractivity contribution is 0.160. The third-order valence-corrected chi connectivity index (χ3v) is 12.4. The minimum absolute atomic E-state index is 0.273. The van der Waals surface area contributed by atoms with Crippen LogP contribution in [0.15, 0.2) is 34.7 Å². The average Bonchev–Trinajstić information content (AvgIpc) is 2.60. The molecule has 0 fully saturated rings. The van der Waals surface area contributed by atoms with Crippen LogP contribution in [0.5, 0.6) is 5.75 Å². The molecule has 0 saturated heterocycles. The molecule has 0 aliphatic carbocycles. The zero-order chi connectivity index (χ0) is 17.5. The molecule has 4 heteroatoms. The first-order chi connectivity index (χ1) is 10.5. The lowest BCUT2D eigenvalue weighted by Gasteiger charge is -2.29. The van der Waals surface area contributed by atoms with Gasteiger partial charge in [0, 0.05) is 11.1 Å². The van der Waals surface area contributed by atoms with Crippen molar-refractivity contribution in [1.29, 1.82) is 0 Å². The molecular formula is C19H28O2Si2. The maximum Gasteiger partial charge on any atom is 0.212 e. The van der Waals surface area contributed by atoms with Gasteiger partial charge in [0.2, 0.25) is 8.32 Å². The Morgan fingerprint density at radius 3 is 2.09 bits per heavy atom. The minimum Gasteiger partial charge on any atom is -0.497 e. The van der Waals surface area contributed by atoms with Gasteiger partial charge in [0.25, 0.3) is 0 Å². The summed E-state index contributed by atoms with van der Waals surface area (Å²) in [5, 5.41) is 0. The molecule has 1 aromatic rings. The number of hydrogen-bond acceptors (Lipinski definition) is 2. The predicted octanol–water partition coefficient (Wildman–Crippen LogP) is 4.77. The van der Waals surface area contributed by atoms with Crippen LogP contribution in [0.25, 0.3) is 0 Å². The van der Waals surface area contributed by atoms with Crippen LogP contribution in [-0.2, 0) is 4.43 Å². The first-order valence-electron chi connectivity index (χ1n) is 8.09. The van der Waals surface area contributed by atoms with Crippen molar-refractivity contribution in [2.75, 3.05) is 7.11 Å². The largest absolute Gasteiger partial charge is 0.497 e. The summed E-state index contributed by atoms with van der Waals surface area (Å²) in [6.07, 6.45) is 0. The lowest BCUT2D eigenvalue weighted by Crippen LogP contribution is -2.42. The zero-order valence-electron chi connectivity index (χ0n) is 15.6. The van der Waals surface area contributed by atoms with Crippen molar-refractivity contribution < 1.29 is 9.16 Å². The molecule has 124 valence electrons. The van der Waals surface area contributed by atoms with Gasteiger partial charge in [-0.15, -0.1) is 0 Å². The summed E-state index contributed by atoms with van der Waals surface area (Å²) in [6, 6.07) is 7.91. The van der Waals surface area contributed by atoms with Crippen LogP contribution < -0.4 is 4.74 Å². The van der Waals surface area contributed by atoms with E-state index >= 15 is 0 Å². The van der Waals surface area contributed by atoms with Crippen molar-refractivity contribution in [3.05, 3.63) is 40.2 Å². The van der Waals surface area contributed by atoms with E-state index in [2.05, 4.69) is 58.4 Å². The molecule has 0 N–H and O–H groups in total. The summed E-state index contributed by atoms with van der Waals surface area (Å²) in [7, 11) is -1.63. The van der Waals surface area contributed by atoms with Crippen molar-refractivity contribution in [2.24, 2.45) is 0 Å². The van der Waals surface area contributed by atoms with Gasteiger partial charge in [-0.3, -0.25) is 0 Å². The molecule has 1 aromatic carbocycles. The molecule has 1 aliphatic heterocycles. The second-order valence-corrected chi connectivity index (χ2v) is 17.3. The van der Waals surface area contributed by atoms with Gasteiger partial charge in [-0.2, -0.15) is 0 Å². The van der Waals surface area contributed by atoms with E-state index in [1.807, 2.05) is 24.3 Å². The third-order valence-electron chi connectivity index (χ3n) is 4.14. The highest BCUT2D eigenvalue weighted by Gasteiger charge is 2.50. The SMILES string of the molecule is COc1ccc(C#CC2=C([Si](C)(C)C)[Si](C)(C)OC2(C)C)cc1. The Hall–Kier alpha value is -1.29. The van der Waals surface area contributed by atoms with Gasteiger partial charge in [0.05, 0.1) is 20.8 Å². The summed E-state index contributed by atoms with van der Waals surface area (Å²) >= 11 is 0. The number of methoxy groups -OCH3 is 1. The van der Waals surface area contributed by atoms with Gasteiger partial charge in [0.15, 0.2) is 0 Å². The van der Waals surface area contributed by atoms with Crippen LogP contribution in [0.3, 0.4) is 0 Å². The molecule has 0 amide bonds. The number of ether oxygens (including phenoxy) is 1. The summed E-state index contributed by atoms with van der Waals surface area (Å²) in [6.45, 7) is 16.1. The van der Waals surface area contributed by atoms with Gasteiger partial charge < -0.3 is 9.16 Å². The van der Waals surface area contributed by atoms with E-state index in [9.17, 15) is 0 Å². The predicted molar refractivity (Wildman–Crippen MR) is 103 cm³/mol. The van der Waals surface area contributed by atoms with Crippen molar-refractivity contribution in [1.82, 2.24) is 0 Å². The molecule has 0 bridgehead atoms. The van der Waals surface area contributed by atoms with E-state index in [1.54, 1.807) is 11.9 Å². The van der Waals surface area contributed by atoms with Crippen molar-refractivity contribution >= 4 is 16.4 Å². The Bertz CT molecular complexity index is 681. The maximum absolute atomic E-state index is 6.49. The second-order valence-electron chi connectivity index (χ2n) is 8.10. The molecule has 2 rings (SSSR count). The number of benzene rings is 1. The van der Waals surface area contributed by atoms with Gasteiger partial charge in [-0.25, -0.2) is 0 Å². The smallest absolute Gasteiger partial charge is 0.212 e. The Kier molecular flexibility index (Phi) is 4.69. The van der Waals surface area contributed by atoms with Crippen LogP contribution >= 0.6 is 0 Å². The fraction of sp³-hybridized carbons (Fsp3) is 0.474. The van der Waals surface area contributed by atoms with E-state index in [4.69, 9.17) is 9.16 Å². The number of rotatable bonds is 2. The van der Waals surface area contributed by atoms with Gasteiger partial charge >= 0.3 is 0 Å². The molecule has 1 heterocycles. The molecular weight excluding hydrogens is 316 g/mol. The monoisotopic (exact) mass is 344 g/mol. The Labute approximate surface area is 143 Å². The van der Waals surface area contributed by atoms with Gasteiger partial charge in [-0.1, -0.05) is 36.3 Å². The van der Waals surface area contributed by atoms with Gasteiger partial charge in [-0.05, 0) is 51.2 Å². The van der Waals surface area contributed by atoms with E-state index in [0.29, 0.717) is 0 Å². The van der Waals surface area contributed by atoms with Crippen LogP contribution in [0, 0.1) is 11.8 Å². The molecule has 0 unspecified atom stereocenters. The van der Waals surface area contributed by atoms with Crippen LogP contribution in [0.1, 0.15) is 19.4 Å². The standard InChI is InChI=1S/C19H28O2Si2/c1-19(2)17(18(22(4,5)6)23(7,8)21-19)14-11-15-9-12-16(20-3)13-10-15/h9-10,12-13H,1-8H3. The Balaban J connectivity index is 2.51. The summed E-state index contributed by atoms with van der Waals surface area (Å²) in [5.41, 5.74) is 1.96. The second kappa shape index (κ2) is 5.97. The summed E-state index contributed by atoms with van der Waals surface area (Å²) in [5.74, 6) is 7.66. The highest BCUT2D eigenvalue weighted by Crippen LogP contribution is 2.43. The molecule has 0 spiro atoms. The molecule has 0 radical (unpaired) electrons. The molecule has 0 atom stereocenters. The lowest BCUT2D eigenvalue weighted by atomic mass is 10.00. The fourth-order valence-corrected chi connectivity index (χ4v) is 14.6. The average molecular weight is 345 g/mol. The van der Waals surface area contributed by atoms with Crippen LogP contribution in [0.4, 0.5) is 0 Å². The topological polar surface area (TPSA) is 18.5 Å². The van der Waals surface area contributed by atoms with Crippen molar-refractivity contribution in [3.63, 3.8) is 0 Å². The first kappa shape index (κ1) is 18.1. The van der Waals surface area contributed by atoms with E-state index < -0.39 is 16.4 Å². The van der Waals surface area contributed by atoms with E-state index in [1.165, 1.54) is 5.57 Å². The highest BCUT2D eigenvalue weighted by atomic mass is 28.4. The van der Waals surface area contributed by atoms with Crippen LogP contribution in [-0.4, -0.2) is 29.1 Å². The van der Waals surface area contributed by atoms with Crippen molar-refractivity contribution in [2.45, 2.75) is 52.2 Å². The summed E-state index contributed by atoms with van der Waals surface area (Å²) in [4.78, 5) is 1.57. The highest BCUT2D eigenvalue weighted by molar-refractivity contribution is 7.03. The quantitative estimate of drug-likeness (QED) is 0.568. The third kappa shape index (κ3) is 3.80. The van der Waals surface area contributed by atoms with E-state index in [0.717, 1.165) is 11.3 Å². The zero-order valence-corrected chi connectivity index (χ0v) is 17.6. The molecule has 2 nitrogen and oxygen atoms in total. The van der Waals surface area contributed by atoms with Gasteiger partial charge in [0.1, 0.15) is 5.75 Å². The molecule has 0 aromatic heterocycles. The minimum atomic E-state index is -1.84. The molecule has 1 aliphatic rings. The number of hydrogen-bond donors (Lipinski definition) is 0. The maximum atomic E-state index is 6.49. The fourth-order valence-electron chi connectivity index (χ4n) is 3.64. The Morgan fingerprint density at radius 1 is 1.04 bits per heavy atom. The molecule has 23 heavy (non-hydrogen) atoms. The van der Waals surface area contributed by atoms with Crippen LogP contribution in [0.2, 0.25) is 32.7 Å².